The highest BCUT2D eigenvalue weighted by atomic mass is 32.2. The van der Waals surface area contributed by atoms with Crippen LogP contribution in [0, 0.1) is 0 Å². The first-order valence-electron chi connectivity index (χ1n) is 11.0. The van der Waals surface area contributed by atoms with Gasteiger partial charge in [0.05, 0.1) is 32.6 Å². The molecule has 0 radical (unpaired) electrons. The molecule has 2 spiro atoms. The van der Waals surface area contributed by atoms with E-state index in [9.17, 15) is 0 Å². The molecule has 158 valence electrons. The third-order valence-electron chi connectivity index (χ3n) is 6.13. The van der Waals surface area contributed by atoms with Crippen LogP contribution in [0.2, 0.25) is 0 Å². The molecule has 27 heavy (non-hydrogen) atoms. The molecular weight excluding hydrogens is 412 g/mol. The number of hydrogen-bond acceptors (Lipinski definition) is 6. The fourth-order valence-electron chi connectivity index (χ4n) is 4.63. The Balaban J connectivity index is 0.000000156. The zero-order valence-electron chi connectivity index (χ0n) is 17.5. The maximum atomic E-state index is 6.11. The van der Waals surface area contributed by atoms with Gasteiger partial charge in [-0.1, -0.05) is 27.7 Å². The molecule has 0 aromatic carbocycles. The summed E-state index contributed by atoms with van der Waals surface area (Å²) in [5.74, 6) is 5.31. The minimum absolute atomic E-state index is 0.424. The molecular formula is C21H38O2S4. The van der Waals surface area contributed by atoms with Gasteiger partial charge in [-0.25, -0.2) is 0 Å². The number of rotatable bonds is 4. The Kier molecular flexibility index (Phi) is 9.00. The van der Waals surface area contributed by atoms with Crippen LogP contribution in [0.4, 0.5) is 0 Å². The molecule has 4 aliphatic heterocycles. The molecule has 4 heterocycles. The zero-order valence-corrected chi connectivity index (χ0v) is 20.8. The van der Waals surface area contributed by atoms with Crippen molar-refractivity contribution in [3.8, 4) is 0 Å². The van der Waals surface area contributed by atoms with Gasteiger partial charge >= 0.3 is 0 Å². The van der Waals surface area contributed by atoms with Crippen LogP contribution in [0.15, 0.2) is 0 Å². The standard InChI is InChI=1S/C11H20OS2.C10H18OS2/c1-3-9-8-11(10(4-2)12-9)13-6-5-7-14-11;1-3-8-7-10(9(4-2)11-8)12-5-6-13-10/h9-10H,3-8H2,1-2H3;8-9H,3-7H2,1-2H3. The Hall–Kier alpha value is 1.32. The highest BCUT2D eigenvalue weighted by molar-refractivity contribution is 8.21. The van der Waals surface area contributed by atoms with Gasteiger partial charge in [0, 0.05) is 11.5 Å². The Morgan fingerprint density at radius 1 is 0.630 bits per heavy atom. The molecule has 2 nitrogen and oxygen atoms in total. The smallest absolute Gasteiger partial charge is 0.0896 e. The van der Waals surface area contributed by atoms with E-state index in [1.54, 1.807) is 0 Å². The molecule has 4 saturated heterocycles. The van der Waals surface area contributed by atoms with E-state index in [-0.39, 0.29) is 0 Å². The van der Waals surface area contributed by atoms with Crippen molar-refractivity contribution in [1.82, 2.24) is 0 Å². The summed E-state index contributed by atoms with van der Waals surface area (Å²) in [5, 5.41) is 0. The second kappa shape index (κ2) is 10.6. The van der Waals surface area contributed by atoms with Crippen LogP contribution in [0.1, 0.15) is 72.6 Å². The highest BCUT2D eigenvalue weighted by Crippen LogP contribution is 2.56. The fourth-order valence-corrected chi connectivity index (χ4v) is 12.0. The van der Waals surface area contributed by atoms with Gasteiger partial charge in [0.2, 0.25) is 0 Å². The van der Waals surface area contributed by atoms with Gasteiger partial charge in [-0.2, -0.15) is 0 Å². The van der Waals surface area contributed by atoms with Crippen LogP contribution in [-0.4, -0.2) is 55.6 Å². The molecule has 0 aromatic heterocycles. The second-order valence-electron chi connectivity index (χ2n) is 7.91. The van der Waals surface area contributed by atoms with Gasteiger partial charge in [-0.05, 0) is 56.5 Å². The zero-order chi connectivity index (χ0) is 19.3. The van der Waals surface area contributed by atoms with Crippen molar-refractivity contribution in [2.45, 2.75) is 105 Å². The van der Waals surface area contributed by atoms with E-state index in [0.717, 1.165) is 0 Å². The lowest BCUT2D eigenvalue weighted by Gasteiger charge is -2.35. The summed E-state index contributed by atoms with van der Waals surface area (Å²) < 4.78 is 13.0. The predicted molar refractivity (Wildman–Crippen MR) is 128 cm³/mol. The van der Waals surface area contributed by atoms with Gasteiger partial charge in [-0.3, -0.25) is 0 Å². The molecule has 0 amide bonds. The van der Waals surface area contributed by atoms with E-state index < -0.39 is 0 Å². The molecule has 4 fully saturated rings. The lowest BCUT2D eigenvalue weighted by atomic mass is 10.1. The first kappa shape index (κ1) is 23.0. The Morgan fingerprint density at radius 2 is 1.04 bits per heavy atom. The summed E-state index contributed by atoms with van der Waals surface area (Å²) in [6.45, 7) is 9.00. The van der Waals surface area contributed by atoms with Crippen molar-refractivity contribution in [1.29, 1.82) is 0 Å². The lowest BCUT2D eigenvalue weighted by molar-refractivity contribution is 0.0407. The van der Waals surface area contributed by atoms with Crippen molar-refractivity contribution >= 4 is 47.0 Å². The second-order valence-corrected chi connectivity index (χ2v) is 14.1. The van der Waals surface area contributed by atoms with Crippen molar-refractivity contribution in [3.63, 3.8) is 0 Å². The highest BCUT2D eigenvalue weighted by Gasteiger charge is 2.50. The lowest BCUT2D eigenvalue weighted by Crippen LogP contribution is -2.33. The largest absolute Gasteiger partial charge is 0.373 e. The van der Waals surface area contributed by atoms with Crippen molar-refractivity contribution in [3.05, 3.63) is 0 Å². The van der Waals surface area contributed by atoms with Gasteiger partial charge in [0.15, 0.2) is 0 Å². The minimum atomic E-state index is 0.424. The molecule has 0 saturated carbocycles. The summed E-state index contributed by atoms with van der Waals surface area (Å²) in [4.78, 5) is 0. The summed E-state index contributed by atoms with van der Waals surface area (Å²) in [7, 11) is 0. The average molecular weight is 451 g/mol. The molecule has 4 atom stereocenters. The van der Waals surface area contributed by atoms with Crippen LogP contribution in [-0.2, 0) is 9.47 Å². The van der Waals surface area contributed by atoms with Crippen LogP contribution >= 0.6 is 47.0 Å². The summed E-state index contributed by atoms with van der Waals surface area (Å²) in [5.41, 5.74) is 0. The molecule has 6 heteroatoms. The average Bonchev–Trinajstić information content (AvgIpc) is 3.41. The number of hydrogen-bond donors (Lipinski definition) is 0. The van der Waals surface area contributed by atoms with Gasteiger partial charge in [0.1, 0.15) is 0 Å². The van der Waals surface area contributed by atoms with Gasteiger partial charge in [0.25, 0.3) is 0 Å². The van der Waals surface area contributed by atoms with E-state index in [1.165, 1.54) is 68.0 Å². The van der Waals surface area contributed by atoms with E-state index in [0.29, 0.717) is 32.6 Å². The maximum absolute atomic E-state index is 6.11. The minimum Gasteiger partial charge on any atom is -0.373 e. The van der Waals surface area contributed by atoms with Crippen LogP contribution in [0.5, 0.6) is 0 Å². The monoisotopic (exact) mass is 450 g/mol. The fraction of sp³-hybridized carbons (Fsp3) is 1.00. The summed E-state index contributed by atoms with van der Waals surface area (Å²) in [6, 6.07) is 0. The molecule has 0 N–H and O–H groups in total. The molecule has 0 aromatic rings. The maximum Gasteiger partial charge on any atom is 0.0896 e. The molecule has 4 aliphatic rings. The number of ether oxygens (including phenoxy) is 2. The van der Waals surface area contributed by atoms with Crippen molar-refractivity contribution in [2.75, 3.05) is 23.0 Å². The van der Waals surface area contributed by atoms with Crippen LogP contribution in [0.25, 0.3) is 0 Å². The van der Waals surface area contributed by atoms with E-state index in [2.05, 4.69) is 74.7 Å². The van der Waals surface area contributed by atoms with Gasteiger partial charge in [-0.15, -0.1) is 47.0 Å². The van der Waals surface area contributed by atoms with Crippen molar-refractivity contribution < 1.29 is 9.47 Å². The van der Waals surface area contributed by atoms with E-state index in [1.807, 2.05) is 0 Å². The molecule has 4 unspecified atom stereocenters. The third-order valence-corrected chi connectivity index (χ3v) is 13.3. The normalized spacial score (nSPS) is 36.9. The molecule has 4 rings (SSSR count). The van der Waals surface area contributed by atoms with Gasteiger partial charge < -0.3 is 9.47 Å². The Bertz CT molecular complexity index is 449. The van der Waals surface area contributed by atoms with Crippen LogP contribution < -0.4 is 0 Å². The summed E-state index contributed by atoms with van der Waals surface area (Å²) in [6.07, 6.45) is 10.7. The topological polar surface area (TPSA) is 18.5 Å². The van der Waals surface area contributed by atoms with E-state index in [4.69, 9.17) is 9.47 Å². The molecule has 0 aliphatic carbocycles. The van der Waals surface area contributed by atoms with Crippen molar-refractivity contribution in [2.24, 2.45) is 0 Å². The Morgan fingerprint density at radius 3 is 1.41 bits per heavy atom. The van der Waals surface area contributed by atoms with Crippen LogP contribution in [0.3, 0.4) is 0 Å². The Labute approximate surface area is 184 Å². The molecule has 0 bridgehead atoms. The quantitative estimate of drug-likeness (QED) is 0.472. The first-order chi connectivity index (χ1) is 13.1. The van der Waals surface area contributed by atoms with E-state index >= 15 is 0 Å². The predicted octanol–water partition coefficient (Wildman–Crippen LogP) is 6.67. The first-order valence-corrected chi connectivity index (χ1v) is 14.9. The number of thioether (sulfide) groups is 4. The third kappa shape index (κ3) is 5.15. The summed E-state index contributed by atoms with van der Waals surface area (Å²) >= 11 is 8.61. The SMILES string of the molecule is CCC1CC2(SCCCS2)C(CC)O1.CCC1CC2(SCCS2)C(CC)O1.